The van der Waals surface area contributed by atoms with Gasteiger partial charge >= 0.3 is 0 Å². The Bertz CT molecular complexity index is 880. The maximum atomic E-state index is 14.8. The molecule has 0 saturated heterocycles. The Balaban J connectivity index is 2.79. The van der Waals surface area contributed by atoms with E-state index in [1.807, 2.05) is 13.8 Å². The molecule has 0 radical (unpaired) electrons. The van der Waals surface area contributed by atoms with Crippen molar-refractivity contribution in [3.05, 3.63) is 61.8 Å². The Hall–Kier alpha value is -2.66. The number of halogens is 2. The number of fused-ring (bicyclic) bond motifs is 1. The third-order valence-corrected chi connectivity index (χ3v) is 3.62. The Morgan fingerprint density at radius 2 is 2.09 bits per heavy atom. The van der Waals surface area contributed by atoms with E-state index in [1.165, 1.54) is 18.2 Å². The minimum absolute atomic E-state index is 0.0109. The number of hydrogen-bond acceptors (Lipinski definition) is 2. The maximum absolute atomic E-state index is 14.8. The van der Waals surface area contributed by atoms with Gasteiger partial charge in [-0.3, -0.25) is 4.79 Å². The smallest absolute Gasteiger partial charge is 0.189 e. The Labute approximate surface area is 131 Å². The number of rotatable bonds is 5. The van der Waals surface area contributed by atoms with E-state index >= 15 is 0 Å². The number of aryl methyl sites for hydroxylation is 2. The van der Waals surface area contributed by atoms with Crippen molar-refractivity contribution < 1.29 is 8.78 Å². The van der Waals surface area contributed by atoms with Gasteiger partial charge in [0, 0.05) is 35.3 Å². The van der Waals surface area contributed by atoms with E-state index in [4.69, 9.17) is 5.53 Å². The van der Waals surface area contributed by atoms with E-state index in [2.05, 4.69) is 10.0 Å². The van der Waals surface area contributed by atoms with Crippen molar-refractivity contribution in [1.29, 1.82) is 0 Å². The second kappa shape index (κ2) is 7.07. The predicted molar refractivity (Wildman–Crippen MR) is 86.2 cm³/mol. The number of pyridine rings is 1. The van der Waals surface area contributed by atoms with Gasteiger partial charge in [0.1, 0.15) is 5.82 Å². The van der Waals surface area contributed by atoms with Crippen molar-refractivity contribution in [3.63, 3.8) is 0 Å². The van der Waals surface area contributed by atoms with E-state index in [0.717, 1.165) is 6.07 Å². The zero-order chi connectivity index (χ0) is 17.0. The van der Waals surface area contributed by atoms with Crippen LogP contribution in [0.5, 0.6) is 0 Å². The average Bonchev–Trinajstić information content (AvgIpc) is 2.54. The fourth-order valence-corrected chi connectivity index (χ4v) is 2.59. The molecule has 0 aliphatic rings. The summed E-state index contributed by atoms with van der Waals surface area (Å²) in [5.41, 5.74) is 8.35. The summed E-state index contributed by atoms with van der Waals surface area (Å²) < 4.78 is 30.7. The Morgan fingerprint density at radius 3 is 2.70 bits per heavy atom. The highest BCUT2D eigenvalue weighted by atomic mass is 19.1. The Morgan fingerprint density at radius 1 is 1.35 bits per heavy atom. The molecule has 0 aliphatic heterocycles. The van der Waals surface area contributed by atoms with Gasteiger partial charge in [-0.25, -0.2) is 8.78 Å². The molecule has 0 saturated carbocycles. The summed E-state index contributed by atoms with van der Waals surface area (Å²) in [6, 6.07) is 2.47. The first-order valence-corrected chi connectivity index (χ1v) is 7.26. The zero-order valence-corrected chi connectivity index (χ0v) is 12.9. The lowest BCUT2D eigenvalue weighted by Crippen LogP contribution is -2.15. The van der Waals surface area contributed by atoms with Crippen LogP contribution in [0.1, 0.15) is 25.1 Å². The highest BCUT2D eigenvalue weighted by Gasteiger charge is 2.17. The lowest BCUT2D eigenvalue weighted by atomic mass is 10.1. The van der Waals surface area contributed by atoms with Gasteiger partial charge in [0.05, 0.1) is 10.9 Å². The van der Waals surface area contributed by atoms with Crippen molar-refractivity contribution in [2.45, 2.75) is 26.8 Å². The van der Waals surface area contributed by atoms with Crippen LogP contribution in [0.4, 0.5) is 8.78 Å². The summed E-state index contributed by atoms with van der Waals surface area (Å²) in [6.07, 6.45) is 3.16. The fraction of sp³-hybridized carbons (Fsp3) is 0.312. The van der Waals surface area contributed by atoms with Crippen LogP contribution in [0, 0.1) is 11.6 Å². The molecule has 23 heavy (non-hydrogen) atoms. The standard InChI is InChI=1S/C16H16F2N4O/c1-3-10-8-14(23)12-9-13(17)11(6-5-7-20-21-19)15(18)16(12)22(10)4-2/h5-6,8-9H,3-4,7H2,1-2H3. The summed E-state index contributed by atoms with van der Waals surface area (Å²) >= 11 is 0. The van der Waals surface area contributed by atoms with Crippen molar-refractivity contribution in [3.8, 4) is 0 Å². The third-order valence-electron chi connectivity index (χ3n) is 3.62. The van der Waals surface area contributed by atoms with Crippen molar-refractivity contribution in [2.75, 3.05) is 6.54 Å². The summed E-state index contributed by atoms with van der Waals surface area (Å²) in [6.45, 7) is 4.16. The summed E-state index contributed by atoms with van der Waals surface area (Å²) in [7, 11) is 0. The van der Waals surface area contributed by atoms with Crippen LogP contribution >= 0.6 is 0 Å². The largest absolute Gasteiger partial charge is 0.342 e. The average molecular weight is 318 g/mol. The van der Waals surface area contributed by atoms with Crippen molar-refractivity contribution in [1.82, 2.24) is 4.57 Å². The maximum Gasteiger partial charge on any atom is 0.189 e. The van der Waals surface area contributed by atoms with Gasteiger partial charge in [-0.05, 0) is 24.9 Å². The molecule has 1 aromatic carbocycles. The van der Waals surface area contributed by atoms with Crippen LogP contribution in [0.15, 0.2) is 28.1 Å². The molecular formula is C16H16F2N4O. The molecule has 0 fully saturated rings. The van der Waals surface area contributed by atoms with E-state index in [-0.39, 0.29) is 23.0 Å². The molecule has 120 valence electrons. The molecule has 0 atom stereocenters. The normalized spacial score (nSPS) is 11.1. The number of hydrogen-bond donors (Lipinski definition) is 0. The van der Waals surface area contributed by atoms with Gasteiger partial charge in [-0.2, -0.15) is 0 Å². The lowest BCUT2D eigenvalue weighted by Gasteiger charge is -2.16. The molecule has 1 heterocycles. The van der Waals surface area contributed by atoms with Crippen LogP contribution in [0.2, 0.25) is 0 Å². The quantitative estimate of drug-likeness (QED) is 0.463. The van der Waals surface area contributed by atoms with Gasteiger partial charge in [0.2, 0.25) is 0 Å². The zero-order valence-electron chi connectivity index (χ0n) is 12.9. The second-order valence-corrected chi connectivity index (χ2v) is 4.90. The first-order valence-electron chi connectivity index (χ1n) is 7.26. The molecule has 0 unspecified atom stereocenters. The van der Waals surface area contributed by atoms with Crippen LogP contribution in [-0.2, 0) is 13.0 Å². The molecule has 0 bridgehead atoms. The fourth-order valence-electron chi connectivity index (χ4n) is 2.59. The second-order valence-electron chi connectivity index (χ2n) is 4.90. The molecular weight excluding hydrogens is 302 g/mol. The molecule has 0 aliphatic carbocycles. The van der Waals surface area contributed by atoms with Gasteiger partial charge in [-0.15, -0.1) is 0 Å². The van der Waals surface area contributed by atoms with E-state index in [1.54, 1.807) is 4.57 Å². The minimum atomic E-state index is -0.823. The van der Waals surface area contributed by atoms with Gasteiger partial charge < -0.3 is 4.57 Å². The highest BCUT2D eigenvalue weighted by molar-refractivity contribution is 5.83. The molecule has 1 aromatic heterocycles. The van der Waals surface area contributed by atoms with Crippen molar-refractivity contribution >= 4 is 17.0 Å². The monoisotopic (exact) mass is 318 g/mol. The van der Waals surface area contributed by atoms with Crippen LogP contribution in [0.3, 0.4) is 0 Å². The number of azide groups is 1. The summed E-state index contributed by atoms with van der Waals surface area (Å²) in [5.74, 6) is -1.61. The minimum Gasteiger partial charge on any atom is -0.342 e. The lowest BCUT2D eigenvalue weighted by molar-refractivity contribution is 0.578. The number of benzene rings is 1. The molecule has 0 N–H and O–H groups in total. The number of nitrogens with zero attached hydrogens (tertiary/aromatic N) is 4. The SMILES string of the molecule is CCc1cc(=O)c2cc(F)c(C=CCN=[N+]=[N-])c(F)c2n1CC. The van der Waals surface area contributed by atoms with E-state index in [9.17, 15) is 13.6 Å². The predicted octanol–water partition coefficient (Wildman–Crippen LogP) is 4.19. The highest BCUT2D eigenvalue weighted by Crippen LogP contribution is 2.24. The topological polar surface area (TPSA) is 70.8 Å². The van der Waals surface area contributed by atoms with E-state index < -0.39 is 17.1 Å². The van der Waals surface area contributed by atoms with Gasteiger partial charge in [0.25, 0.3) is 0 Å². The number of aromatic nitrogens is 1. The van der Waals surface area contributed by atoms with Crippen molar-refractivity contribution in [2.24, 2.45) is 5.11 Å². The Kier molecular flexibility index (Phi) is 5.13. The molecule has 7 heteroatoms. The molecule has 2 aromatic rings. The molecule has 2 rings (SSSR count). The van der Waals surface area contributed by atoms with Crippen LogP contribution in [0.25, 0.3) is 27.4 Å². The van der Waals surface area contributed by atoms with Crippen LogP contribution in [-0.4, -0.2) is 11.1 Å². The molecule has 0 amide bonds. The molecule has 5 nitrogen and oxygen atoms in total. The first-order chi connectivity index (χ1) is 11.0. The first kappa shape index (κ1) is 16.7. The third kappa shape index (κ3) is 3.10. The summed E-state index contributed by atoms with van der Waals surface area (Å²) in [5, 5.41) is 3.30. The van der Waals surface area contributed by atoms with Gasteiger partial charge in [-0.1, -0.05) is 24.2 Å². The van der Waals surface area contributed by atoms with E-state index in [0.29, 0.717) is 18.7 Å². The van der Waals surface area contributed by atoms with Crippen LogP contribution < -0.4 is 5.43 Å². The summed E-state index contributed by atoms with van der Waals surface area (Å²) in [4.78, 5) is 14.7. The molecule has 0 spiro atoms. The van der Waals surface area contributed by atoms with Gasteiger partial charge in [0.15, 0.2) is 11.2 Å².